The van der Waals surface area contributed by atoms with Crippen molar-refractivity contribution in [2.75, 3.05) is 11.9 Å². The van der Waals surface area contributed by atoms with Crippen LogP contribution in [0.25, 0.3) is 0 Å². The zero-order valence-corrected chi connectivity index (χ0v) is 15.1. The van der Waals surface area contributed by atoms with E-state index in [2.05, 4.69) is 43.7 Å². The summed E-state index contributed by atoms with van der Waals surface area (Å²) in [4.78, 5) is 12.7. The van der Waals surface area contributed by atoms with E-state index in [9.17, 15) is 4.79 Å². The van der Waals surface area contributed by atoms with Crippen molar-refractivity contribution in [2.24, 2.45) is 0 Å². The number of allylic oxidation sites excluding steroid dienone is 1. The number of hydrogen-bond acceptors (Lipinski definition) is 6. The minimum Gasteiger partial charge on any atom is -0.462 e. The maximum atomic E-state index is 12.7. The first-order valence-corrected chi connectivity index (χ1v) is 8.59. The van der Waals surface area contributed by atoms with Gasteiger partial charge in [0.05, 0.1) is 12.2 Å². The molecule has 0 saturated carbocycles. The number of benzene rings is 1. The lowest BCUT2D eigenvalue weighted by Crippen LogP contribution is -2.29. The number of carbonyl (C=O) groups is 1. The highest BCUT2D eigenvalue weighted by Crippen LogP contribution is 2.35. The van der Waals surface area contributed by atoms with Crippen molar-refractivity contribution in [1.29, 1.82) is 0 Å². The predicted molar refractivity (Wildman–Crippen MR) is 92.3 cm³/mol. The second-order valence-corrected chi connectivity index (χ2v) is 6.47. The van der Waals surface area contributed by atoms with Crippen LogP contribution in [-0.2, 0) is 9.53 Å². The molecule has 1 aromatic heterocycles. The fourth-order valence-corrected chi connectivity index (χ4v) is 2.88. The van der Waals surface area contributed by atoms with Crippen LogP contribution in [0.2, 0.25) is 0 Å². The highest BCUT2D eigenvalue weighted by molar-refractivity contribution is 9.10. The number of fused-ring (bicyclic) bond motifs is 1. The summed E-state index contributed by atoms with van der Waals surface area (Å²) in [5.41, 5.74) is 2.13. The molecular weight excluding hydrogens is 374 g/mol. The first kappa shape index (κ1) is 16.6. The van der Waals surface area contributed by atoms with Crippen LogP contribution in [0.4, 0.5) is 5.95 Å². The number of rotatable bonds is 5. The van der Waals surface area contributed by atoms with Crippen molar-refractivity contribution in [1.82, 2.24) is 20.2 Å². The molecule has 2 heterocycles. The van der Waals surface area contributed by atoms with Crippen molar-refractivity contribution in [2.45, 2.75) is 32.7 Å². The van der Waals surface area contributed by atoms with E-state index < -0.39 is 6.04 Å². The van der Waals surface area contributed by atoms with Crippen molar-refractivity contribution in [3.05, 3.63) is 45.6 Å². The van der Waals surface area contributed by atoms with Crippen molar-refractivity contribution in [3.63, 3.8) is 0 Å². The van der Waals surface area contributed by atoms with Crippen LogP contribution >= 0.6 is 15.9 Å². The Morgan fingerprint density at radius 1 is 1.38 bits per heavy atom. The first-order valence-electron chi connectivity index (χ1n) is 7.80. The number of anilines is 1. The second kappa shape index (κ2) is 7.12. The first-order chi connectivity index (χ1) is 11.6. The Balaban J connectivity index is 2.00. The normalized spacial score (nSPS) is 16.5. The SMILES string of the molecule is CCCCOC(=O)C1=C(C)Nc2nnnn2[C@@H]1c1ccc(Br)cc1. The van der Waals surface area contributed by atoms with Gasteiger partial charge in [0.2, 0.25) is 5.95 Å². The average molecular weight is 392 g/mol. The average Bonchev–Trinajstić information content (AvgIpc) is 3.02. The smallest absolute Gasteiger partial charge is 0.338 e. The molecule has 1 aliphatic heterocycles. The quantitative estimate of drug-likeness (QED) is 0.622. The summed E-state index contributed by atoms with van der Waals surface area (Å²) in [6.45, 7) is 4.29. The van der Waals surface area contributed by atoms with E-state index in [0.717, 1.165) is 22.9 Å². The number of halogens is 1. The fourth-order valence-electron chi connectivity index (χ4n) is 2.62. The molecule has 3 rings (SSSR count). The summed E-state index contributed by atoms with van der Waals surface area (Å²) in [5, 5.41) is 14.8. The van der Waals surface area contributed by atoms with Crippen LogP contribution in [0, 0.1) is 0 Å². The molecule has 1 aromatic carbocycles. The van der Waals surface area contributed by atoms with Gasteiger partial charge in [0.25, 0.3) is 0 Å². The van der Waals surface area contributed by atoms with Gasteiger partial charge >= 0.3 is 5.97 Å². The molecule has 8 heteroatoms. The van der Waals surface area contributed by atoms with Crippen molar-refractivity contribution < 1.29 is 9.53 Å². The summed E-state index contributed by atoms with van der Waals surface area (Å²) in [7, 11) is 0. The van der Waals surface area contributed by atoms with Crippen LogP contribution in [0.5, 0.6) is 0 Å². The van der Waals surface area contributed by atoms with E-state index in [0.29, 0.717) is 23.8 Å². The van der Waals surface area contributed by atoms with Gasteiger partial charge in [-0.3, -0.25) is 0 Å². The van der Waals surface area contributed by atoms with Gasteiger partial charge in [-0.25, -0.2) is 4.79 Å². The molecule has 1 atom stereocenters. The van der Waals surface area contributed by atoms with Gasteiger partial charge in [-0.1, -0.05) is 46.5 Å². The summed E-state index contributed by atoms with van der Waals surface area (Å²) >= 11 is 3.43. The number of tetrazole rings is 1. The minimum atomic E-state index is -0.418. The van der Waals surface area contributed by atoms with Crippen molar-refractivity contribution >= 4 is 27.8 Å². The van der Waals surface area contributed by atoms with Gasteiger partial charge < -0.3 is 10.1 Å². The zero-order chi connectivity index (χ0) is 17.1. The lowest BCUT2D eigenvalue weighted by molar-refractivity contribution is -0.139. The molecule has 0 radical (unpaired) electrons. The Hall–Kier alpha value is -2.22. The Morgan fingerprint density at radius 3 is 2.83 bits per heavy atom. The van der Waals surface area contributed by atoms with E-state index in [-0.39, 0.29) is 5.97 Å². The van der Waals surface area contributed by atoms with E-state index in [1.54, 1.807) is 4.68 Å². The van der Waals surface area contributed by atoms with E-state index >= 15 is 0 Å². The molecular formula is C16H18BrN5O2. The van der Waals surface area contributed by atoms with Gasteiger partial charge in [0.15, 0.2) is 0 Å². The Bertz CT molecular complexity index is 769. The molecule has 1 N–H and O–H groups in total. The third-order valence-corrected chi connectivity index (χ3v) is 4.38. The summed E-state index contributed by atoms with van der Waals surface area (Å²) in [6.07, 6.45) is 1.81. The monoisotopic (exact) mass is 391 g/mol. The van der Waals surface area contributed by atoms with Crippen molar-refractivity contribution in [3.8, 4) is 0 Å². The number of aromatic nitrogens is 4. The third kappa shape index (κ3) is 3.19. The van der Waals surface area contributed by atoms with Crippen LogP contribution in [0.1, 0.15) is 38.3 Å². The maximum Gasteiger partial charge on any atom is 0.338 e. The number of hydrogen-bond donors (Lipinski definition) is 1. The Labute approximate surface area is 148 Å². The summed E-state index contributed by atoms with van der Waals surface area (Å²) in [5.74, 6) is 0.160. The highest BCUT2D eigenvalue weighted by Gasteiger charge is 2.34. The van der Waals surface area contributed by atoms with Crippen LogP contribution in [0.15, 0.2) is 40.0 Å². The number of ether oxygens (including phenoxy) is 1. The number of esters is 1. The standard InChI is InChI=1S/C16H18BrN5O2/c1-3-4-9-24-15(23)13-10(2)18-16-19-20-21-22(16)14(13)11-5-7-12(17)8-6-11/h5-8,14H,3-4,9H2,1-2H3,(H,18,19,21)/t14-/m1/s1. The summed E-state index contributed by atoms with van der Waals surface area (Å²) in [6, 6.07) is 7.32. The molecule has 7 nitrogen and oxygen atoms in total. The molecule has 0 bridgehead atoms. The van der Waals surface area contributed by atoms with Crippen LogP contribution in [0.3, 0.4) is 0 Å². The molecule has 0 saturated heterocycles. The molecule has 0 spiro atoms. The maximum absolute atomic E-state index is 12.7. The van der Waals surface area contributed by atoms with Gasteiger partial charge in [-0.05, 0) is 41.5 Å². The fraction of sp³-hybridized carbons (Fsp3) is 0.375. The van der Waals surface area contributed by atoms with Crippen LogP contribution < -0.4 is 5.32 Å². The Morgan fingerprint density at radius 2 is 2.12 bits per heavy atom. The summed E-state index contributed by atoms with van der Waals surface area (Å²) < 4.78 is 8.00. The topological polar surface area (TPSA) is 81.9 Å². The molecule has 126 valence electrons. The number of carbonyl (C=O) groups excluding carboxylic acids is 1. The minimum absolute atomic E-state index is 0.345. The molecule has 1 aliphatic rings. The van der Waals surface area contributed by atoms with E-state index in [4.69, 9.17) is 4.74 Å². The predicted octanol–water partition coefficient (Wildman–Crippen LogP) is 3.07. The highest BCUT2D eigenvalue weighted by atomic mass is 79.9. The molecule has 0 unspecified atom stereocenters. The largest absolute Gasteiger partial charge is 0.462 e. The number of nitrogens with one attached hydrogen (secondary N) is 1. The second-order valence-electron chi connectivity index (χ2n) is 5.55. The van der Waals surface area contributed by atoms with Gasteiger partial charge in [0.1, 0.15) is 6.04 Å². The zero-order valence-electron chi connectivity index (χ0n) is 13.5. The number of unbranched alkanes of at least 4 members (excludes halogenated alkanes) is 1. The lowest BCUT2D eigenvalue weighted by atomic mass is 9.96. The van der Waals surface area contributed by atoms with E-state index in [1.807, 2.05) is 31.2 Å². The Kier molecular flexibility index (Phi) is 4.94. The molecule has 0 aliphatic carbocycles. The molecule has 0 fully saturated rings. The van der Waals surface area contributed by atoms with Crippen LogP contribution in [-0.4, -0.2) is 32.8 Å². The van der Waals surface area contributed by atoms with E-state index in [1.165, 1.54) is 0 Å². The molecule has 24 heavy (non-hydrogen) atoms. The molecule has 0 amide bonds. The lowest BCUT2D eigenvalue weighted by Gasteiger charge is -2.27. The van der Waals surface area contributed by atoms with Gasteiger partial charge in [-0.15, -0.1) is 0 Å². The van der Waals surface area contributed by atoms with Gasteiger partial charge in [-0.2, -0.15) is 4.68 Å². The number of nitrogens with zero attached hydrogens (tertiary/aromatic N) is 4. The third-order valence-electron chi connectivity index (χ3n) is 3.85. The van der Waals surface area contributed by atoms with Gasteiger partial charge in [0, 0.05) is 10.2 Å². The molecule has 2 aromatic rings.